The molecule has 88 valence electrons. The third kappa shape index (κ3) is 3.86. The van der Waals surface area contributed by atoms with Crippen molar-refractivity contribution in [2.45, 2.75) is 6.10 Å². The van der Waals surface area contributed by atoms with Crippen molar-refractivity contribution in [3.05, 3.63) is 26.6 Å². The summed E-state index contributed by atoms with van der Waals surface area (Å²) in [4.78, 5) is 3.92. The summed E-state index contributed by atoms with van der Waals surface area (Å²) in [5.74, 6) is 0.0884. The van der Waals surface area contributed by atoms with E-state index in [0.717, 1.165) is 4.47 Å². The van der Waals surface area contributed by atoms with Gasteiger partial charge in [-0.1, -0.05) is 15.9 Å². The average Bonchev–Trinajstić information content (AvgIpc) is 2.24. The van der Waals surface area contributed by atoms with E-state index in [1.54, 1.807) is 12.1 Å². The minimum atomic E-state index is -0.867. The van der Waals surface area contributed by atoms with Gasteiger partial charge in [-0.15, -0.1) is 0 Å². The van der Waals surface area contributed by atoms with Crippen molar-refractivity contribution in [3.63, 3.8) is 0 Å². The van der Waals surface area contributed by atoms with Crippen LogP contribution in [0.3, 0.4) is 0 Å². The topological polar surface area (TPSA) is 73.0 Å². The SMILES string of the molecule is OCC(O)CN=Cc1cc(Br)cc(Br)c1O. The van der Waals surface area contributed by atoms with E-state index >= 15 is 0 Å². The molecule has 0 saturated carbocycles. The lowest BCUT2D eigenvalue weighted by molar-refractivity contribution is 0.102. The fourth-order valence-corrected chi connectivity index (χ4v) is 2.27. The van der Waals surface area contributed by atoms with Crippen LogP contribution in [0, 0.1) is 0 Å². The van der Waals surface area contributed by atoms with E-state index < -0.39 is 6.10 Å². The number of phenols is 1. The van der Waals surface area contributed by atoms with Crippen molar-refractivity contribution in [1.82, 2.24) is 0 Å². The highest BCUT2D eigenvalue weighted by atomic mass is 79.9. The molecule has 1 aromatic rings. The summed E-state index contributed by atoms with van der Waals surface area (Å²) in [7, 11) is 0. The molecule has 0 spiro atoms. The minimum absolute atomic E-state index is 0.0884. The van der Waals surface area contributed by atoms with Gasteiger partial charge in [0, 0.05) is 16.3 Å². The van der Waals surface area contributed by atoms with Crippen molar-refractivity contribution in [1.29, 1.82) is 0 Å². The Kier molecular flexibility index (Phi) is 5.40. The van der Waals surface area contributed by atoms with Crippen molar-refractivity contribution >= 4 is 38.1 Å². The standard InChI is InChI=1S/C10H11Br2NO3/c11-7-1-6(10(16)9(12)2-7)3-13-4-8(15)5-14/h1-3,8,14-16H,4-5H2. The number of rotatable bonds is 4. The van der Waals surface area contributed by atoms with Crippen LogP contribution in [0.1, 0.15) is 5.56 Å². The molecule has 1 aromatic carbocycles. The summed E-state index contributed by atoms with van der Waals surface area (Å²) in [6.07, 6.45) is 0.581. The summed E-state index contributed by atoms with van der Waals surface area (Å²) in [5.41, 5.74) is 0.534. The van der Waals surface area contributed by atoms with Gasteiger partial charge in [-0.05, 0) is 28.1 Å². The number of hydrogen-bond acceptors (Lipinski definition) is 4. The van der Waals surface area contributed by atoms with Gasteiger partial charge in [0.2, 0.25) is 0 Å². The van der Waals surface area contributed by atoms with Gasteiger partial charge >= 0.3 is 0 Å². The molecule has 0 aliphatic carbocycles. The smallest absolute Gasteiger partial charge is 0.138 e. The number of benzene rings is 1. The molecule has 0 bridgehead atoms. The maximum absolute atomic E-state index is 9.67. The zero-order valence-corrected chi connectivity index (χ0v) is 11.4. The van der Waals surface area contributed by atoms with Gasteiger partial charge in [-0.2, -0.15) is 0 Å². The monoisotopic (exact) mass is 351 g/mol. The summed E-state index contributed by atoms with van der Waals surface area (Å²) >= 11 is 6.49. The molecule has 0 amide bonds. The number of nitrogens with zero attached hydrogens (tertiary/aromatic N) is 1. The number of aromatic hydroxyl groups is 1. The quantitative estimate of drug-likeness (QED) is 0.722. The number of aliphatic imine (C=N–C) groups is 1. The molecule has 0 saturated heterocycles. The van der Waals surface area contributed by atoms with E-state index in [9.17, 15) is 5.11 Å². The number of hydrogen-bond donors (Lipinski definition) is 3. The highest BCUT2D eigenvalue weighted by Crippen LogP contribution is 2.30. The number of aliphatic hydroxyl groups is 2. The predicted molar refractivity (Wildman–Crippen MR) is 69.1 cm³/mol. The van der Waals surface area contributed by atoms with Crippen LogP contribution in [0.5, 0.6) is 5.75 Å². The zero-order chi connectivity index (χ0) is 12.1. The van der Waals surface area contributed by atoms with Crippen molar-refractivity contribution in [2.75, 3.05) is 13.2 Å². The fraction of sp³-hybridized carbons (Fsp3) is 0.300. The van der Waals surface area contributed by atoms with Crippen molar-refractivity contribution in [3.8, 4) is 5.75 Å². The summed E-state index contributed by atoms with van der Waals surface area (Å²) in [6.45, 7) is -0.231. The molecule has 0 aliphatic rings. The Morgan fingerprint density at radius 2 is 2.06 bits per heavy atom. The first-order chi connectivity index (χ1) is 7.54. The molecular weight excluding hydrogens is 342 g/mol. The fourth-order valence-electron chi connectivity index (χ4n) is 1.01. The van der Waals surface area contributed by atoms with Gasteiger partial charge in [-0.25, -0.2) is 0 Å². The Balaban J connectivity index is 2.81. The van der Waals surface area contributed by atoms with Crippen LogP contribution in [0.25, 0.3) is 0 Å². The molecule has 0 radical (unpaired) electrons. The molecule has 4 nitrogen and oxygen atoms in total. The maximum atomic E-state index is 9.67. The zero-order valence-electron chi connectivity index (χ0n) is 8.27. The van der Waals surface area contributed by atoms with E-state index in [1.807, 2.05) is 0 Å². The van der Waals surface area contributed by atoms with E-state index in [-0.39, 0.29) is 18.9 Å². The summed E-state index contributed by atoms with van der Waals surface area (Å²) in [5, 5.41) is 27.3. The van der Waals surface area contributed by atoms with E-state index in [0.29, 0.717) is 10.0 Å². The Hall–Kier alpha value is -0.430. The highest BCUT2D eigenvalue weighted by molar-refractivity contribution is 9.11. The Morgan fingerprint density at radius 3 is 2.69 bits per heavy atom. The number of aliphatic hydroxyl groups excluding tert-OH is 2. The third-order valence-electron chi connectivity index (χ3n) is 1.81. The largest absolute Gasteiger partial charge is 0.506 e. The molecule has 1 atom stereocenters. The van der Waals surface area contributed by atoms with E-state index in [2.05, 4.69) is 36.9 Å². The molecule has 3 N–H and O–H groups in total. The van der Waals surface area contributed by atoms with Gasteiger partial charge in [0.25, 0.3) is 0 Å². The molecule has 0 fully saturated rings. The Morgan fingerprint density at radius 1 is 1.38 bits per heavy atom. The van der Waals surface area contributed by atoms with E-state index in [4.69, 9.17) is 10.2 Å². The molecule has 6 heteroatoms. The maximum Gasteiger partial charge on any atom is 0.138 e. The van der Waals surface area contributed by atoms with E-state index in [1.165, 1.54) is 6.21 Å². The summed E-state index contributed by atoms with van der Waals surface area (Å²) in [6, 6.07) is 3.42. The second-order valence-electron chi connectivity index (χ2n) is 3.16. The molecule has 1 unspecified atom stereocenters. The predicted octanol–water partition coefficient (Wildman–Crippen LogP) is 1.69. The van der Waals surface area contributed by atoms with Crippen molar-refractivity contribution in [2.24, 2.45) is 4.99 Å². The van der Waals surface area contributed by atoms with Gasteiger partial charge in [0.15, 0.2) is 0 Å². The average molecular weight is 353 g/mol. The van der Waals surface area contributed by atoms with Gasteiger partial charge < -0.3 is 15.3 Å². The first-order valence-electron chi connectivity index (χ1n) is 4.51. The lowest BCUT2D eigenvalue weighted by Crippen LogP contribution is -2.15. The van der Waals surface area contributed by atoms with Crippen LogP contribution in [0.2, 0.25) is 0 Å². The van der Waals surface area contributed by atoms with Gasteiger partial charge in [0.1, 0.15) is 5.75 Å². The van der Waals surface area contributed by atoms with Crippen LogP contribution >= 0.6 is 31.9 Å². The van der Waals surface area contributed by atoms with Crippen molar-refractivity contribution < 1.29 is 15.3 Å². The second kappa shape index (κ2) is 6.34. The van der Waals surface area contributed by atoms with Crippen LogP contribution in [0.15, 0.2) is 26.1 Å². The minimum Gasteiger partial charge on any atom is -0.506 e. The summed E-state index contributed by atoms with van der Waals surface area (Å²) < 4.78 is 1.37. The number of phenolic OH excluding ortho intramolecular Hbond substituents is 1. The van der Waals surface area contributed by atoms with Crippen LogP contribution < -0.4 is 0 Å². The van der Waals surface area contributed by atoms with Crippen LogP contribution in [-0.2, 0) is 0 Å². The molecule has 0 heterocycles. The Labute approximate surface area is 110 Å². The normalized spacial score (nSPS) is 13.2. The Bertz CT molecular complexity index is 396. The second-order valence-corrected chi connectivity index (χ2v) is 4.93. The lowest BCUT2D eigenvalue weighted by Gasteiger charge is -2.04. The number of halogens is 2. The van der Waals surface area contributed by atoms with Crippen LogP contribution in [0.4, 0.5) is 0 Å². The molecule has 1 rings (SSSR count). The van der Waals surface area contributed by atoms with Gasteiger partial charge in [0.05, 0.1) is 23.7 Å². The molecule has 0 aliphatic heterocycles. The third-order valence-corrected chi connectivity index (χ3v) is 2.88. The molecular formula is C10H11Br2NO3. The highest BCUT2D eigenvalue weighted by Gasteiger charge is 2.05. The molecule has 0 aromatic heterocycles. The first-order valence-corrected chi connectivity index (χ1v) is 6.10. The van der Waals surface area contributed by atoms with Crippen LogP contribution in [-0.4, -0.2) is 40.8 Å². The van der Waals surface area contributed by atoms with Gasteiger partial charge in [-0.3, -0.25) is 4.99 Å². The molecule has 16 heavy (non-hydrogen) atoms. The first kappa shape index (κ1) is 13.6. The lowest BCUT2D eigenvalue weighted by atomic mass is 10.2.